The van der Waals surface area contributed by atoms with Crippen LogP contribution in [0.15, 0.2) is 88.7 Å². The van der Waals surface area contributed by atoms with E-state index in [1.54, 1.807) is 23.4 Å². The number of thioether (sulfide) groups is 1. The number of hydrogen-bond acceptors (Lipinski definition) is 5. The van der Waals surface area contributed by atoms with Crippen LogP contribution in [0.1, 0.15) is 21.9 Å². The average molecular weight is 489 g/mol. The summed E-state index contributed by atoms with van der Waals surface area (Å²) in [6.45, 7) is 2.02. The number of nitrogens with one attached hydrogen (secondary N) is 1. The lowest BCUT2D eigenvalue weighted by Crippen LogP contribution is -2.33. The average Bonchev–Trinajstić information content (AvgIpc) is 3.21. The molecule has 0 radical (unpaired) electrons. The molecule has 4 aromatic rings. The number of aryl methyl sites for hydroxylation is 1. The molecule has 0 saturated heterocycles. The molecule has 0 bridgehead atoms. The molecular weight excluding hydrogens is 464 g/mol. The van der Waals surface area contributed by atoms with Crippen LogP contribution in [-0.4, -0.2) is 23.3 Å². The lowest BCUT2D eigenvalue weighted by atomic mass is 9.85. The highest BCUT2D eigenvalue weighted by atomic mass is 32.2. The Hall–Kier alpha value is -3.29. The Kier molecular flexibility index (Phi) is 6.30. The van der Waals surface area contributed by atoms with Gasteiger partial charge in [-0.2, -0.15) is 0 Å². The minimum absolute atomic E-state index is 0.0452. The Morgan fingerprint density at radius 1 is 1.03 bits per heavy atom. The molecule has 0 saturated carbocycles. The number of ether oxygens (including phenoxy) is 1. The van der Waals surface area contributed by atoms with E-state index in [9.17, 15) is 9.59 Å². The molecule has 1 N–H and O–H groups in total. The van der Waals surface area contributed by atoms with Crippen molar-refractivity contribution in [2.45, 2.75) is 17.9 Å². The molecule has 34 heavy (non-hydrogen) atoms. The Morgan fingerprint density at radius 2 is 1.79 bits per heavy atom. The van der Waals surface area contributed by atoms with Gasteiger partial charge in [-0.1, -0.05) is 59.4 Å². The summed E-state index contributed by atoms with van der Waals surface area (Å²) in [5.41, 5.74) is 3.71. The van der Waals surface area contributed by atoms with Gasteiger partial charge in [0, 0.05) is 22.2 Å². The smallest absolute Gasteiger partial charge is 0.312 e. The number of amides is 1. The van der Waals surface area contributed by atoms with Crippen molar-refractivity contribution < 1.29 is 9.53 Å². The number of benzene rings is 3. The quantitative estimate of drug-likeness (QED) is 0.391. The van der Waals surface area contributed by atoms with Crippen LogP contribution in [0.4, 0.5) is 5.69 Å². The normalized spacial score (nSPS) is 17.1. The van der Waals surface area contributed by atoms with Gasteiger partial charge >= 0.3 is 4.87 Å². The molecule has 1 amide bonds. The van der Waals surface area contributed by atoms with Crippen molar-refractivity contribution in [1.29, 1.82) is 0 Å². The summed E-state index contributed by atoms with van der Waals surface area (Å²) in [5.74, 6) is 0.648. The van der Waals surface area contributed by atoms with Gasteiger partial charge in [-0.05, 0) is 48.9 Å². The number of rotatable bonds is 5. The molecular formula is C27H24N2O3S2. The fraction of sp³-hybridized carbons (Fsp3) is 0.185. The first-order valence-corrected chi connectivity index (χ1v) is 12.8. The highest BCUT2D eigenvalue weighted by Crippen LogP contribution is 2.47. The third kappa shape index (κ3) is 4.29. The third-order valence-electron chi connectivity index (χ3n) is 6.00. The number of para-hydroxylation sites is 1. The number of nitrogens with zero attached hydrogens (tertiary/aromatic N) is 1. The van der Waals surface area contributed by atoms with Gasteiger partial charge in [0.05, 0.1) is 23.7 Å². The number of carbonyl (C=O) groups excluding carboxylic acids is 1. The van der Waals surface area contributed by atoms with Crippen LogP contribution in [0, 0.1) is 12.8 Å². The van der Waals surface area contributed by atoms with Gasteiger partial charge < -0.3 is 10.1 Å². The van der Waals surface area contributed by atoms with Crippen LogP contribution in [0.2, 0.25) is 0 Å². The molecule has 3 aromatic carbocycles. The zero-order chi connectivity index (χ0) is 23.7. The third-order valence-corrected chi connectivity index (χ3v) is 8.36. The Bertz CT molecular complexity index is 1380. The monoisotopic (exact) mass is 488 g/mol. The van der Waals surface area contributed by atoms with E-state index < -0.39 is 0 Å². The largest absolute Gasteiger partial charge is 0.497 e. The van der Waals surface area contributed by atoms with E-state index >= 15 is 0 Å². The van der Waals surface area contributed by atoms with Gasteiger partial charge in [0.1, 0.15) is 5.75 Å². The number of methoxy groups -OCH3 is 1. The van der Waals surface area contributed by atoms with Crippen LogP contribution in [0.25, 0.3) is 5.69 Å². The molecule has 7 heteroatoms. The topological polar surface area (TPSA) is 60.3 Å². The second-order valence-electron chi connectivity index (χ2n) is 8.24. The zero-order valence-electron chi connectivity index (χ0n) is 18.9. The number of carbonyl (C=O) groups is 1. The van der Waals surface area contributed by atoms with Gasteiger partial charge in [0.2, 0.25) is 5.91 Å². The first kappa shape index (κ1) is 22.5. The molecule has 0 unspecified atom stereocenters. The fourth-order valence-corrected chi connectivity index (χ4v) is 6.98. The lowest BCUT2D eigenvalue weighted by Gasteiger charge is -2.31. The molecule has 172 valence electrons. The van der Waals surface area contributed by atoms with Gasteiger partial charge in [0.15, 0.2) is 0 Å². The van der Waals surface area contributed by atoms with E-state index in [-0.39, 0.29) is 22.6 Å². The predicted octanol–water partition coefficient (Wildman–Crippen LogP) is 5.71. The zero-order valence-corrected chi connectivity index (χ0v) is 20.5. The van der Waals surface area contributed by atoms with Crippen molar-refractivity contribution in [3.8, 4) is 11.4 Å². The van der Waals surface area contributed by atoms with E-state index in [1.165, 1.54) is 11.3 Å². The van der Waals surface area contributed by atoms with Gasteiger partial charge in [-0.25, -0.2) is 0 Å². The summed E-state index contributed by atoms with van der Waals surface area (Å²) < 4.78 is 7.23. The van der Waals surface area contributed by atoms with Crippen molar-refractivity contribution >= 4 is 34.7 Å². The first-order chi connectivity index (χ1) is 16.5. The van der Waals surface area contributed by atoms with Crippen molar-refractivity contribution in [2.24, 2.45) is 5.92 Å². The molecule has 0 aliphatic carbocycles. The van der Waals surface area contributed by atoms with Crippen LogP contribution in [-0.2, 0) is 4.79 Å². The highest BCUT2D eigenvalue weighted by molar-refractivity contribution is 7.99. The molecule has 5 rings (SSSR count). The van der Waals surface area contributed by atoms with Crippen molar-refractivity contribution in [3.63, 3.8) is 0 Å². The summed E-state index contributed by atoms with van der Waals surface area (Å²) in [6.07, 6.45) is 0. The van der Waals surface area contributed by atoms with Crippen LogP contribution < -0.4 is 14.9 Å². The maximum absolute atomic E-state index is 13.5. The number of aromatic nitrogens is 1. The number of anilines is 1. The van der Waals surface area contributed by atoms with E-state index in [0.717, 1.165) is 38.2 Å². The van der Waals surface area contributed by atoms with Crippen molar-refractivity contribution in [2.75, 3.05) is 18.2 Å². The predicted molar refractivity (Wildman–Crippen MR) is 139 cm³/mol. The number of thiazole rings is 1. The maximum atomic E-state index is 13.5. The van der Waals surface area contributed by atoms with Gasteiger partial charge in [-0.15, -0.1) is 11.8 Å². The van der Waals surface area contributed by atoms with E-state index in [2.05, 4.69) is 5.32 Å². The summed E-state index contributed by atoms with van der Waals surface area (Å²) >= 11 is 2.79. The van der Waals surface area contributed by atoms with E-state index in [0.29, 0.717) is 5.75 Å². The highest BCUT2D eigenvalue weighted by Gasteiger charge is 2.39. The summed E-state index contributed by atoms with van der Waals surface area (Å²) in [7, 11) is 1.63. The molecule has 5 nitrogen and oxygen atoms in total. The van der Waals surface area contributed by atoms with Crippen LogP contribution >= 0.6 is 23.1 Å². The van der Waals surface area contributed by atoms with Gasteiger partial charge in [0.25, 0.3) is 0 Å². The Balaban J connectivity index is 1.59. The summed E-state index contributed by atoms with van der Waals surface area (Å²) in [4.78, 5) is 27.5. The summed E-state index contributed by atoms with van der Waals surface area (Å²) in [5, 5.41) is 4.00. The minimum atomic E-state index is -0.340. The second kappa shape index (κ2) is 9.52. The van der Waals surface area contributed by atoms with Crippen LogP contribution in [0.3, 0.4) is 0 Å². The molecule has 1 aliphatic heterocycles. The van der Waals surface area contributed by atoms with Gasteiger partial charge in [-0.3, -0.25) is 14.2 Å². The van der Waals surface area contributed by atoms with Crippen molar-refractivity contribution in [3.05, 3.63) is 105 Å². The minimum Gasteiger partial charge on any atom is -0.497 e. The molecule has 1 aliphatic rings. The second-order valence-corrected chi connectivity index (χ2v) is 10.2. The molecule has 0 fully saturated rings. The van der Waals surface area contributed by atoms with Crippen LogP contribution in [0.5, 0.6) is 5.75 Å². The first-order valence-electron chi connectivity index (χ1n) is 11.0. The number of fused-ring (bicyclic) bond motifs is 1. The fourth-order valence-electron chi connectivity index (χ4n) is 4.27. The molecule has 1 aromatic heterocycles. The molecule has 2 atom stereocenters. The number of hydrogen-bond donors (Lipinski definition) is 1. The molecule has 2 heterocycles. The Morgan fingerprint density at radius 3 is 2.53 bits per heavy atom. The van der Waals surface area contributed by atoms with Crippen molar-refractivity contribution in [1.82, 2.24) is 4.57 Å². The van der Waals surface area contributed by atoms with E-state index in [4.69, 9.17) is 4.74 Å². The lowest BCUT2D eigenvalue weighted by molar-refractivity contribution is -0.119. The SMILES string of the molecule is COc1cccc([C@H]2c3sc(=O)n(-c4ccccc4)c3SC[C@H]2C(=O)Nc2ccc(C)cc2)c1. The summed E-state index contributed by atoms with van der Waals surface area (Å²) in [6, 6.07) is 25.3. The maximum Gasteiger partial charge on any atom is 0.312 e. The standard InChI is InChI=1S/C27H24N2O3S2/c1-17-11-13-19(14-12-17)28-25(30)22-16-33-26-24(23(22)18-7-6-10-21(15-18)32-2)34-27(31)29(26)20-8-4-3-5-9-20/h3-15,22-23H,16H2,1-2H3,(H,28,30)/t22-,23-/m1/s1. The molecule has 0 spiro atoms. The van der Waals surface area contributed by atoms with E-state index in [1.807, 2.05) is 85.8 Å². The Labute approximate surface area is 206 Å².